The smallest absolute Gasteiger partial charge is 0.144 e. The van der Waals surface area contributed by atoms with Crippen LogP contribution < -0.4 is 0 Å². The molecule has 0 unspecified atom stereocenters. The van der Waals surface area contributed by atoms with Gasteiger partial charge in [-0.25, -0.2) is 0 Å². The fourth-order valence-corrected chi connectivity index (χ4v) is 2.27. The summed E-state index contributed by atoms with van der Waals surface area (Å²) in [6.45, 7) is 10.9. The van der Waals surface area contributed by atoms with Gasteiger partial charge in [0.15, 0.2) is 0 Å². The van der Waals surface area contributed by atoms with Gasteiger partial charge in [0.25, 0.3) is 0 Å². The maximum absolute atomic E-state index is 11.7. The van der Waals surface area contributed by atoms with Crippen molar-refractivity contribution in [2.45, 2.75) is 18.9 Å². The fourth-order valence-electron chi connectivity index (χ4n) is 2.27. The van der Waals surface area contributed by atoms with Crippen molar-refractivity contribution in [2.75, 3.05) is 13.1 Å². The monoisotopic (exact) mass is 243 g/mol. The molecule has 0 spiro atoms. The van der Waals surface area contributed by atoms with Gasteiger partial charge in [-0.1, -0.05) is 49.4 Å². The Bertz CT molecular complexity index is 389. The van der Waals surface area contributed by atoms with Crippen LogP contribution in [0.2, 0.25) is 0 Å². The highest BCUT2D eigenvalue weighted by atomic mass is 16.1. The standard InChI is InChI=1S/C16H21NO/c1-4-12-17(13-5-2)16(6-3,14-18)15-10-8-7-9-11-15/h4-5,7-11,14H,1-2,6,12-13H2,3H3/t16-/m1/s1. The van der Waals surface area contributed by atoms with Crippen molar-refractivity contribution in [3.05, 3.63) is 61.2 Å². The Morgan fingerprint density at radius 1 is 1.17 bits per heavy atom. The summed E-state index contributed by atoms with van der Waals surface area (Å²) in [5.74, 6) is 0. The number of aldehydes is 1. The summed E-state index contributed by atoms with van der Waals surface area (Å²) in [4.78, 5) is 13.8. The number of nitrogens with zero attached hydrogens (tertiary/aromatic N) is 1. The highest BCUT2D eigenvalue weighted by Crippen LogP contribution is 2.30. The topological polar surface area (TPSA) is 20.3 Å². The van der Waals surface area contributed by atoms with Gasteiger partial charge in [-0.3, -0.25) is 4.90 Å². The summed E-state index contributed by atoms with van der Waals surface area (Å²) in [5, 5.41) is 0. The Balaban J connectivity index is 3.23. The van der Waals surface area contributed by atoms with E-state index in [1.807, 2.05) is 49.4 Å². The molecular weight excluding hydrogens is 222 g/mol. The van der Waals surface area contributed by atoms with Crippen LogP contribution in [0, 0.1) is 0 Å². The molecule has 0 aliphatic heterocycles. The van der Waals surface area contributed by atoms with Crippen molar-refractivity contribution >= 4 is 6.29 Å². The zero-order valence-electron chi connectivity index (χ0n) is 11.0. The number of benzene rings is 1. The van der Waals surface area contributed by atoms with Crippen molar-refractivity contribution in [3.63, 3.8) is 0 Å². The number of hydrogen-bond acceptors (Lipinski definition) is 2. The maximum atomic E-state index is 11.7. The van der Waals surface area contributed by atoms with Crippen LogP contribution in [0.5, 0.6) is 0 Å². The Morgan fingerprint density at radius 2 is 1.72 bits per heavy atom. The van der Waals surface area contributed by atoms with E-state index in [9.17, 15) is 4.79 Å². The lowest BCUT2D eigenvalue weighted by Gasteiger charge is -2.38. The van der Waals surface area contributed by atoms with Crippen molar-refractivity contribution in [3.8, 4) is 0 Å². The van der Waals surface area contributed by atoms with Gasteiger partial charge in [-0.15, -0.1) is 13.2 Å². The summed E-state index contributed by atoms with van der Waals surface area (Å²) < 4.78 is 0. The minimum Gasteiger partial charge on any atom is -0.301 e. The van der Waals surface area contributed by atoms with Gasteiger partial charge in [0.2, 0.25) is 0 Å². The van der Waals surface area contributed by atoms with Gasteiger partial charge in [-0.05, 0) is 12.0 Å². The Kier molecular flexibility index (Phi) is 5.53. The molecule has 2 nitrogen and oxygen atoms in total. The minimum atomic E-state index is -0.594. The van der Waals surface area contributed by atoms with Crippen molar-refractivity contribution in [2.24, 2.45) is 0 Å². The van der Waals surface area contributed by atoms with Gasteiger partial charge in [0.1, 0.15) is 11.8 Å². The van der Waals surface area contributed by atoms with Gasteiger partial charge >= 0.3 is 0 Å². The molecule has 0 aliphatic rings. The molecule has 0 aliphatic carbocycles. The first-order chi connectivity index (χ1) is 8.75. The van der Waals surface area contributed by atoms with E-state index in [1.54, 1.807) is 0 Å². The number of hydrogen-bond donors (Lipinski definition) is 0. The van der Waals surface area contributed by atoms with Crippen LogP contribution in [-0.4, -0.2) is 24.3 Å². The normalized spacial score (nSPS) is 13.9. The van der Waals surface area contributed by atoms with Crippen LogP contribution in [0.3, 0.4) is 0 Å². The van der Waals surface area contributed by atoms with Crippen molar-refractivity contribution in [1.82, 2.24) is 4.90 Å². The zero-order valence-corrected chi connectivity index (χ0v) is 11.0. The van der Waals surface area contributed by atoms with Crippen LogP contribution in [0.1, 0.15) is 18.9 Å². The fraction of sp³-hybridized carbons (Fsp3) is 0.312. The van der Waals surface area contributed by atoms with E-state index in [2.05, 4.69) is 18.1 Å². The molecule has 96 valence electrons. The van der Waals surface area contributed by atoms with E-state index in [-0.39, 0.29) is 0 Å². The van der Waals surface area contributed by atoms with Crippen LogP contribution >= 0.6 is 0 Å². The largest absolute Gasteiger partial charge is 0.301 e. The number of rotatable bonds is 8. The molecule has 2 heteroatoms. The van der Waals surface area contributed by atoms with E-state index < -0.39 is 5.54 Å². The van der Waals surface area contributed by atoms with E-state index in [1.165, 1.54) is 0 Å². The predicted octanol–water partition coefficient (Wildman–Crippen LogP) is 3.16. The summed E-state index contributed by atoms with van der Waals surface area (Å²) >= 11 is 0. The molecule has 0 saturated heterocycles. The lowest BCUT2D eigenvalue weighted by molar-refractivity contribution is -0.119. The Labute approximate surface area is 110 Å². The van der Waals surface area contributed by atoms with Gasteiger partial charge in [-0.2, -0.15) is 0 Å². The van der Waals surface area contributed by atoms with Crippen molar-refractivity contribution < 1.29 is 4.79 Å². The lowest BCUT2D eigenvalue weighted by atomic mass is 9.86. The molecule has 0 bridgehead atoms. The molecule has 0 N–H and O–H groups in total. The second kappa shape index (κ2) is 6.92. The van der Waals surface area contributed by atoms with E-state index in [0.29, 0.717) is 13.1 Å². The van der Waals surface area contributed by atoms with Crippen LogP contribution in [0.25, 0.3) is 0 Å². The highest BCUT2D eigenvalue weighted by molar-refractivity contribution is 5.68. The minimum absolute atomic E-state index is 0.594. The van der Waals surface area contributed by atoms with Gasteiger partial charge in [0.05, 0.1) is 0 Å². The average molecular weight is 243 g/mol. The molecule has 0 fully saturated rings. The third kappa shape index (κ3) is 2.77. The molecule has 0 heterocycles. The molecular formula is C16H21NO. The molecule has 1 rings (SSSR count). The average Bonchev–Trinajstić information content (AvgIpc) is 2.42. The Hall–Kier alpha value is -1.67. The molecule has 1 atom stereocenters. The first kappa shape index (κ1) is 14.4. The third-order valence-corrected chi connectivity index (χ3v) is 3.27. The predicted molar refractivity (Wildman–Crippen MR) is 76.4 cm³/mol. The molecule has 0 radical (unpaired) electrons. The molecule has 0 aromatic heterocycles. The maximum Gasteiger partial charge on any atom is 0.144 e. The first-order valence-electron chi connectivity index (χ1n) is 6.23. The van der Waals surface area contributed by atoms with Crippen LogP contribution in [0.15, 0.2) is 55.6 Å². The van der Waals surface area contributed by atoms with Crippen LogP contribution in [-0.2, 0) is 10.3 Å². The van der Waals surface area contributed by atoms with Gasteiger partial charge < -0.3 is 4.79 Å². The van der Waals surface area contributed by atoms with E-state index in [0.717, 1.165) is 18.3 Å². The van der Waals surface area contributed by atoms with E-state index >= 15 is 0 Å². The summed E-state index contributed by atoms with van der Waals surface area (Å²) in [7, 11) is 0. The third-order valence-electron chi connectivity index (χ3n) is 3.27. The van der Waals surface area contributed by atoms with Crippen molar-refractivity contribution in [1.29, 1.82) is 0 Å². The SMILES string of the molecule is C=CCN(CC=C)[C@@](C=O)(CC)c1ccccc1. The summed E-state index contributed by atoms with van der Waals surface area (Å²) in [5.41, 5.74) is 0.426. The lowest BCUT2D eigenvalue weighted by Crippen LogP contribution is -2.47. The molecule has 0 amide bonds. The quantitative estimate of drug-likeness (QED) is 0.516. The molecule has 0 saturated carbocycles. The summed E-state index contributed by atoms with van der Waals surface area (Å²) in [6, 6.07) is 9.88. The first-order valence-corrected chi connectivity index (χ1v) is 6.23. The van der Waals surface area contributed by atoms with E-state index in [4.69, 9.17) is 0 Å². The second-order valence-corrected chi connectivity index (χ2v) is 4.24. The zero-order chi connectivity index (χ0) is 13.4. The van der Waals surface area contributed by atoms with Crippen LogP contribution in [0.4, 0.5) is 0 Å². The summed E-state index contributed by atoms with van der Waals surface area (Å²) in [6.07, 6.45) is 5.40. The number of carbonyl (C=O) groups is 1. The molecule has 18 heavy (non-hydrogen) atoms. The van der Waals surface area contributed by atoms with Gasteiger partial charge in [0, 0.05) is 13.1 Å². The second-order valence-electron chi connectivity index (χ2n) is 4.24. The highest BCUT2D eigenvalue weighted by Gasteiger charge is 2.35. The Morgan fingerprint density at radius 3 is 2.11 bits per heavy atom. The molecule has 1 aromatic rings. The number of carbonyl (C=O) groups excluding carboxylic acids is 1. The molecule has 1 aromatic carbocycles.